The van der Waals surface area contributed by atoms with Gasteiger partial charge in [0.05, 0.1) is 25.2 Å². The fourth-order valence-electron chi connectivity index (χ4n) is 4.47. The summed E-state index contributed by atoms with van der Waals surface area (Å²) in [6.45, 7) is 2.06. The highest BCUT2D eigenvalue weighted by molar-refractivity contribution is 5.84. The zero-order chi connectivity index (χ0) is 22.7. The smallest absolute Gasteiger partial charge is 0.407 e. The first kappa shape index (κ1) is 21.8. The molecular weight excluding hydrogens is 412 g/mol. The Morgan fingerprint density at radius 2 is 1.69 bits per heavy atom. The van der Waals surface area contributed by atoms with Crippen molar-refractivity contribution in [2.75, 3.05) is 32.9 Å². The van der Waals surface area contributed by atoms with Gasteiger partial charge in [0.25, 0.3) is 0 Å². The molecule has 2 atom stereocenters. The van der Waals surface area contributed by atoms with E-state index in [9.17, 15) is 14.4 Å². The molecule has 168 valence electrons. The van der Waals surface area contributed by atoms with Crippen LogP contribution in [0.25, 0.3) is 11.1 Å². The predicted molar refractivity (Wildman–Crippen MR) is 116 cm³/mol. The van der Waals surface area contributed by atoms with Gasteiger partial charge < -0.3 is 24.8 Å². The van der Waals surface area contributed by atoms with E-state index >= 15 is 0 Å². The molecule has 2 unspecified atom stereocenters. The average Bonchev–Trinajstić information content (AvgIpc) is 3.38. The van der Waals surface area contributed by atoms with E-state index in [1.165, 1.54) is 4.90 Å². The molecule has 32 heavy (non-hydrogen) atoms. The molecule has 1 aliphatic heterocycles. The van der Waals surface area contributed by atoms with Gasteiger partial charge in [-0.1, -0.05) is 48.5 Å². The number of benzene rings is 2. The number of carbonyl (C=O) groups excluding carboxylic acids is 2. The van der Waals surface area contributed by atoms with Crippen LogP contribution in [0.4, 0.5) is 4.79 Å². The van der Waals surface area contributed by atoms with Crippen molar-refractivity contribution in [3.63, 3.8) is 0 Å². The van der Waals surface area contributed by atoms with Crippen LogP contribution in [-0.4, -0.2) is 66.9 Å². The topological polar surface area (TPSA) is 105 Å². The number of likely N-dealkylation sites (N-methyl/N-ethyl adjacent to an activating group) is 1. The van der Waals surface area contributed by atoms with Crippen LogP contribution in [0.1, 0.15) is 24.0 Å². The maximum atomic E-state index is 12.7. The molecule has 2 aromatic carbocycles. The minimum atomic E-state index is -1.08. The number of rotatable bonds is 7. The van der Waals surface area contributed by atoms with Crippen molar-refractivity contribution in [3.8, 4) is 11.1 Å². The number of aliphatic carboxylic acids is 1. The van der Waals surface area contributed by atoms with E-state index in [0.29, 0.717) is 0 Å². The highest BCUT2D eigenvalue weighted by atomic mass is 16.5. The quantitative estimate of drug-likeness (QED) is 0.688. The van der Waals surface area contributed by atoms with E-state index in [2.05, 4.69) is 17.4 Å². The van der Waals surface area contributed by atoms with Crippen molar-refractivity contribution in [1.82, 2.24) is 10.2 Å². The molecule has 8 nitrogen and oxygen atoms in total. The first-order valence-electron chi connectivity index (χ1n) is 10.7. The van der Waals surface area contributed by atoms with Gasteiger partial charge >= 0.3 is 12.1 Å². The van der Waals surface area contributed by atoms with Crippen molar-refractivity contribution in [2.24, 2.45) is 5.92 Å². The summed E-state index contributed by atoms with van der Waals surface area (Å²) in [6.07, 6.45) is -0.624. The van der Waals surface area contributed by atoms with Crippen LogP contribution in [0, 0.1) is 5.92 Å². The third-order valence-corrected chi connectivity index (χ3v) is 6.06. The van der Waals surface area contributed by atoms with Gasteiger partial charge in [-0.15, -0.1) is 0 Å². The number of ether oxygens (including phenoxy) is 2. The lowest BCUT2D eigenvalue weighted by molar-refractivity contribution is -0.146. The number of carboxylic acids is 1. The first-order chi connectivity index (χ1) is 15.5. The van der Waals surface area contributed by atoms with Crippen LogP contribution in [-0.2, 0) is 19.1 Å². The van der Waals surface area contributed by atoms with Crippen LogP contribution < -0.4 is 5.32 Å². The molecule has 2 aromatic rings. The largest absolute Gasteiger partial charge is 0.480 e. The predicted octanol–water partition coefficient (Wildman–Crippen LogP) is 2.47. The monoisotopic (exact) mass is 438 g/mol. The molecule has 2 aliphatic rings. The van der Waals surface area contributed by atoms with Gasteiger partial charge in [0.2, 0.25) is 5.91 Å². The Kier molecular flexibility index (Phi) is 6.41. The van der Waals surface area contributed by atoms with Crippen LogP contribution >= 0.6 is 0 Å². The number of nitrogens with zero attached hydrogens (tertiary/aromatic N) is 1. The summed E-state index contributed by atoms with van der Waals surface area (Å²) in [5.74, 6) is -2.14. The Labute approximate surface area is 186 Å². The number of amides is 2. The summed E-state index contributed by atoms with van der Waals surface area (Å²) in [6, 6.07) is 15.6. The second kappa shape index (κ2) is 9.40. The van der Waals surface area contributed by atoms with Gasteiger partial charge in [0.1, 0.15) is 13.2 Å². The van der Waals surface area contributed by atoms with Crippen molar-refractivity contribution in [2.45, 2.75) is 18.9 Å². The number of fused-ring (bicyclic) bond motifs is 3. The highest BCUT2D eigenvalue weighted by Crippen LogP contribution is 2.44. The summed E-state index contributed by atoms with van der Waals surface area (Å²) >= 11 is 0. The van der Waals surface area contributed by atoms with Crippen molar-refractivity contribution < 1.29 is 29.0 Å². The second-order valence-corrected chi connectivity index (χ2v) is 7.97. The molecule has 1 saturated heterocycles. The molecule has 0 bridgehead atoms. The fraction of sp³-hybridized carbons (Fsp3) is 0.375. The molecule has 1 heterocycles. The molecule has 2 amide bonds. The average molecular weight is 438 g/mol. The zero-order valence-corrected chi connectivity index (χ0v) is 17.8. The van der Waals surface area contributed by atoms with Crippen molar-refractivity contribution in [3.05, 3.63) is 59.7 Å². The number of alkyl carbamates (subject to hydrolysis) is 1. The lowest BCUT2D eigenvalue weighted by atomic mass is 9.98. The number of hydrogen-bond donors (Lipinski definition) is 2. The van der Waals surface area contributed by atoms with E-state index in [1.807, 2.05) is 36.4 Å². The molecule has 4 rings (SSSR count). The molecule has 8 heteroatoms. The van der Waals surface area contributed by atoms with Crippen LogP contribution in [0.15, 0.2) is 48.5 Å². The molecular formula is C24H26N2O6. The Hall–Kier alpha value is -3.39. The lowest BCUT2D eigenvalue weighted by Crippen LogP contribution is -2.48. The van der Waals surface area contributed by atoms with Gasteiger partial charge in [-0.2, -0.15) is 0 Å². The SMILES string of the molecule is CCN(CC(=O)O)C(=O)C1COCC1NC(=O)OCC1c2ccccc2-c2ccccc21. The number of nitrogens with one attached hydrogen (secondary N) is 1. The molecule has 1 aliphatic carbocycles. The minimum absolute atomic E-state index is 0.0587. The van der Waals surface area contributed by atoms with Crippen molar-refractivity contribution in [1.29, 1.82) is 0 Å². The van der Waals surface area contributed by atoms with E-state index in [-0.39, 0.29) is 44.7 Å². The van der Waals surface area contributed by atoms with E-state index in [1.54, 1.807) is 6.92 Å². The molecule has 0 saturated carbocycles. The first-order valence-corrected chi connectivity index (χ1v) is 10.7. The summed E-state index contributed by atoms with van der Waals surface area (Å²) in [5, 5.41) is 11.7. The Bertz CT molecular complexity index is 978. The third kappa shape index (κ3) is 4.31. The number of carbonyl (C=O) groups is 3. The molecule has 0 aromatic heterocycles. The normalized spacial score (nSPS) is 19.2. The third-order valence-electron chi connectivity index (χ3n) is 6.06. The molecule has 0 spiro atoms. The maximum Gasteiger partial charge on any atom is 0.407 e. The Balaban J connectivity index is 1.39. The van der Waals surface area contributed by atoms with E-state index < -0.39 is 24.0 Å². The van der Waals surface area contributed by atoms with Crippen LogP contribution in [0.5, 0.6) is 0 Å². The van der Waals surface area contributed by atoms with Gasteiger partial charge in [-0.25, -0.2) is 4.79 Å². The van der Waals surface area contributed by atoms with Crippen LogP contribution in [0.3, 0.4) is 0 Å². The number of carboxylic acid groups (broad SMARTS) is 1. The number of hydrogen-bond acceptors (Lipinski definition) is 5. The van der Waals surface area contributed by atoms with Gasteiger partial charge in [0.15, 0.2) is 0 Å². The van der Waals surface area contributed by atoms with E-state index in [0.717, 1.165) is 22.3 Å². The minimum Gasteiger partial charge on any atom is -0.480 e. The van der Waals surface area contributed by atoms with Gasteiger partial charge in [0, 0.05) is 12.5 Å². The second-order valence-electron chi connectivity index (χ2n) is 7.97. The van der Waals surface area contributed by atoms with Gasteiger partial charge in [-0.3, -0.25) is 9.59 Å². The summed E-state index contributed by atoms with van der Waals surface area (Å²) in [7, 11) is 0. The zero-order valence-electron chi connectivity index (χ0n) is 17.8. The molecule has 2 N–H and O–H groups in total. The summed E-state index contributed by atoms with van der Waals surface area (Å²) < 4.78 is 11.0. The maximum absolute atomic E-state index is 12.7. The van der Waals surface area contributed by atoms with Gasteiger partial charge in [-0.05, 0) is 29.2 Å². The molecule has 0 radical (unpaired) electrons. The van der Waals surface area contributed by atoms with Crippen molar-refractivity contribution >= 4 is 18.0 Å². The van der Waals surface area contributed by atoms with Crippen LogP contribution in [0.2, 0.25) is 0 Å². The Morgan fingerprint density at radius 3 is 2.28 bits per heavy atom. The Morgan fingerprint density at radius 1 is 1.06 bits per heavy atom. The van der Waals surface area contributed by atoms with E-state index in [4.69, 9.17) is 14.6 Å². The highest BCUT2D eigenvalue weighted by Gasteiger charge is 2.38. The standard InChI is InChI=1S/C24H26N2O6/c1-2-26(11-22(27)28)23(29)20-12-31-14-21(20)25-24(30)32-13-19-17-9-5-3-7-15(17)16-8-4-6-10-18(16)19/h3-10,19-21H,2,11-14H2,1H3,(H,25,30)(H,27,28). The molecule has 1 fully saturated rings. The lowest BCUT2D eigenvalue weighted by Gasteiger charge is -2.25. The summed E-state index contributed by atoms with van der Waals surface area (Å²) in [5.41, 5.74) is 4.52. The summed E-state index contributed by atoms with van der Waals surface area (Å²) in [4.78, 5) is 37.6. The fourth-order valence-corrected chi connectivity index (χ4v) is 4.47.